The van der Waals surface area contributed by atoms with Crippen molar-refractivity contribution in [3.8, 4) is 17.1 Å². The van der Waals surface area contributed by atoms with E-state index in [1.54, 1.807) is 13.0 Å². The van der Waals surface area contributed by atoms with E-state index in [0.717, 1.165) is 31.0 Å². The predicted molar refractivity (Wildman–Crippen MR) is 107 cm³/mol. The summed E-state index contributed by atoms with van der Waals surface area (Å²) in [5.74, 6) is 1.67. The molecule has 0 bridgehead atoms. The van der Waals surface area contributed by atoms with Gasteiger partial charge in [0.05, 0.1) is 12.1 Å². The molecular weight excluding hydrogens is 362 g/mol. The van der Waals surface area contributed by atoms with Gasteiger partial charge in [0, 0.05) is 13.1 Å². The molecule has 2 rings (SSSR count). The van der Waals surface area contributed by atoms with Gasteiger partial charge in [0.15, 0.2) is 6.10 Å². The number of carboxylic acid groups (broad SMARTS) is 1. The van der Waals surface area contributed by atoms with Gasteiger partial charge in [0.1, 0.15) is 17.3 Å². The van der Waals surface area contributed by atoms with E-state index in [4.69, 9.17) is 24.8 Å². The van der Waals surface area contributed by atoms with E-state index in [0.29, 0.717) is 11.5 Å². The zero-order chi connectivity index (χ0) is 21.1. The highest BCUT2D eigenvalue weighted by molar-refractivity contribution is 5.79. The van der Waals surface area contributed by atoms with Gasteiger partial charge in [-0.05, 0) is 52.3 Å². The van der Waals surface area contributed by atoms with E-state index in [9.17, 15) is 4.79 Å². The van der Waals surface area contributed by atoms with E-state index in [-0.39, 0.29) is 6.47 Å². The first-order chi connectivity index (χ1) is 13.3. The minimum Gasteiger partial charge on any atom is -0.483 e. The summed E-state index contributed by atoms with van der Waals surface area (Å²) in [7, 11) is 6.18. The van der Waals surface area contributed by atoms with Crippen molar-refractivity contribution in [3.05, 3.63) is 42.2 Å². The molecule has 28 heavy (non-hydrogen) atoms. The van der Waals surface area contributed by atoms with Crippen molar-refractivity contribution in [1.82, 2.24) is 9.80 Å². The highest BCUT2D eigenvalue weighted by atomic mass is 16.5. The molecule has 0 saturated carbocycles. The maximum Gasteiger partial charge on any atom is 0.290 e. The van der Waals surface area contributed by atoms with E-state index >= 15 is 0 Å². The number of amides is 1. The molecule has 0 aliphatic rings. The largest absolute Gasteiger partial charge is 0.483 e. The molecule has 8 heteroatoms. The molecule has 0 aliphatic heterocycles. The maximum absolute atomic E-state index is 11.3. The van der Waals surface area contributed by atoms with Crippen LogP contribution in [0.25, 0.3) is 11.3 Å². The van der Waals surface area contributed by atoms with Crippen molar-refractivity contribution in [1.29, 1.82) is 0 Å². The minimum absolute atomic E-state index is 0.250. The van der Waals surface area contributed by atoms with Gasteiger partial charge in [-0.1, -0.05) is 12.1 Å². The number of rotatable bonds is 9. The summed E-state index contributed by atoms with van der Waals surface area (Å²) in [6, 6.07) is 11.4. The lowest BCUT2D eigenvalue weighted by molar-refractivity contribution is -0.124. The third-order valence-electron chi connectivity index (χ3n) is 3.87. The first-order valence-corrected chi connectivity index (χ1v) is 8.83. The maximum atomic E-state index is 11.3. The molecule has 1 atom stereocenters. The molecule has 1 aromatic carbocycles. The van der Waals surface area contributed by atoms with Crippen LogP contribution in [0.2, 0.25) is 0 Å². The van der Waals surface area contributed by atoms with E-state index in [1.165, 1.54) is 0 Å². The van der Waals surface area contributed by atoms with Crippen molar-refractivity contribution < 1.29 is 23.8 Å². The number of nitrogens with two attached hydrogens (primary N) is 1. The number of primary amides is 1. The summed E-state index contributed by atoms with van der Waals surface area (Å²) >= 11 is 0. The third kappa shape index (κ3) is 7.81. The van der Waals surface area contributed by atoms with Crippen LogP contribution >= 0.6 is 0 Å². The summed E-state index contributed by atoms with van der Waals surface area (Å²) in [6.45, 7) is 4.06. The summed E-state index contributed by atoms with van der Waals surface area (Å²) in [5, 5.41) is 6.89. The zero-order valence-corrected chi connectivity index (χ0v) is 16.8. The van der Waals surface area contributed by atoms with Gasteiger partial charge in [-0.3, -0.25) is 14.5 Å². The molecule has 8 nitrogen and oxygen atoms in total. The molecule has 0 radical (unpaired) electrons. The van der Waals surface area contributed by atoms with Crippen LogP contribution in [-0.4, -0.2) is 67.6 Å². The number of para-hydroxylation sites is 1. The van der Waals surface area contributed by atoms with Crippen LogP contribution in [0.4, 0.5) is 0 Å². The Morgan fingerprint density at radius 1 is 1.21 bits per heavy atom. The average Bonchev–Trinajstić information content (AvgIpc) is 3.09. The Balaban J connectivity index is 0.00000122. The molecule has 2 aromatic rings. The molecule has 0 fully saturated rings. The molecule has 1 heterocycles. The quantitative estimate of drug-likeness (QED) is 0.628. The summed E-state index contributed by atoms with van der Waals surface area (Å²) in [6.07, 6.45) is -0.701. The van der Waals surface area contributed by atoms with Gasteiger partial charge in [-0.15, -0.1) is 0 Å². The van der Waals surface area contributed by atoms with Crippen LogP contribution < -0.4 is 10.5 Å². The number of hydrogen-bond acceptors (Lipinski definition) is 6. The molecule has 0 saturated heterocycles. The van der Waals surface area contributed by atoms with E-state index < -0.39 is 12.0 Å². The van der Waals surface area contributed by atoms with Gasteiger partial charge in [-0.2, -0.15) is 0 Å². The van der Waals surface area contributed by atoms with Crippen molar-refractivity contribution in [3.63, 3.8) is 0 Å². The monoisotopic (exact) mass is 391 g/mol. The van der Waals surface area contributed by atoms with Gasteiger partial charge in [-0.25, -0.2) is 0 Å². The lowest BCUT2D eigenvalue weighted by atomic mass is 10.1. The van der Waals surface area contributed by atoms with Crippen LogP contribution in [0.15, 0.2) is 40.8 Å². The topological polar surface area (TPSA) is 109 Å². The number of ether oxygens (including phenoxy) is 1. The summed E-state index contributed by atoms with van der Waals surface area (Å²) in [5.41, 5.74) is 6.09. The molecule has 0 aliphatic carbocycles. The lowest BCUT2D eigenvalue weighted by Gasteiger charge is -2.18. The van der Waals surface area contributed by atoms with Gasteiger partial charge < -0.3 is 24.9 Å². The second-order valence-electron chi connectivity index (χ2n) is 6.57. The predicted octanol–water partition coefficient (Wildman–Crippen LogP) is 1.89. The Morgan fingerprint density at radius 2 is 1.86 bits per heavy atom. The highest BCUT2D eigenvalue weighted by Gasteiger charge is 2.16. The second kappa shape index (κ2) is 11.8. The number of hydrogen-bond donors (Lipinski definition) is 2. The Morgan fingerprint density at radius 3 is 2.46 bits per heavy atom. The molecule has 0 spiro atoms. The minimum atomic E-state index is -0.701. The number of nitrogens with zero attached hydrogens (tertiary/aromatic N) is 2. The van der Waals surface area contributed by atoms with Crippen LogP contribution in [-0.2, 0) is 16.1 Å². The fourth-order valence-corrected chi connectivity index (χ4v) is 2.34. The SMILES string of the molecule is CC(Oc1ccccc1-c1ccc(CN(C)CCN(C)C)o1)C(N)=O.O=CO. The van der Waals surface area contributed by atoms with Crippen molar-refractivity contribution in [2.45, 2.75) is 19.6 Å². The smallest absolute Gasteiger partial charge is 0.290 e. The number of benzene rings is 1. The molecule has 154 valence electrons. The van der Waals surface area contributed by atoms with E-state index in [1.807, 2.05) is 30.3 Å². The Bertz CT molecular complexity index is 745. The normalized spacial score (nSPS) is 11.6. The third-order valence-corrected chi connectivity index (χ3v) is 3.87. The lowest BCUT2D eigenvalue weighted by Crippen LogP contribution is -2.30. The average molecular weight is 391 g/mol. The van der Waals surface area contributed by atoms with Crippen molar-refractivity contribution in [2.24, 2.45) is 5.73 Å². The molecule has 1 amide bonds. The Labute approximate surface area is 165 Å². The highest BCUT2D eigenvalue weighted by Crippen LogP contribution is 2.32. The van der Waals surface area contributed by atoms with Crippen LogP contribution in [0, 0.1) is 0 Å². The molecule has 3 N–H and O–H groups in total. The number of carbonyl (C=O) groups is 2. The molecule has 1 aromatic heterocycles. The number of furan rings is 1. The zero-order valence-electron chi connectivity index (χ0n) is 16.8. The van der Waals surface area contributed by atoms with Crippen molar-refractivity contribution >= 4 is 12.4 Å². The Hall–Kier alpha value is -2.84. The molecule has 1 unspecified atom stereocenters. The first-order valence-electron chi connectivity index (χ1n) is 8.83. The summed E-state index contributed by atoms with van der Waals surface area (Å²) < 4.78 is 11.6. The number of likely N-dealkylation sites (N-methyl/N-ethyl adjacent to an activating group) is 2. The van der Waals surface area contributed by atoms with Crippen LogP contribution in [0.3, 0.4) is 0 Å². The van der Waals surface area contributed by atoms with Gasteiger partial charge in [0.2, 0.25) is 0 Å². The fraction of sp³-hybridized carbons (Fsp3) is 0.400. The summed E-state index contributed by atoms with van der Waals surface area (Å²) in [4.78, 5) is 24.0. The van der Waals surface area contributed by atoms with Crippen LogP contribution in [0.1, 0.15) is 12.7 Å². The number of carbonyl (C=O) groups excluding carboxylic acids is 1. The second-order valence-corrected chi connectivity index (χ2v) is 6.57. The van der Waals surface area contributed by atoms with Crippen molar-refractivity contribution in [2.75, 3.05) is 34.2 Å². The van der Waals surface area contributed by atoms with Crippen LogP contribution in [0.5, 0.6) is 5.75 Å². The van der Waals surface area contributed by atoms with Gasteiger partial charge >= 0.3 is 0 Å². The van der Waals surface area contributed by atoms with Gasteiger partial charge in [0.25, 0.3) is 12.4 Å². The van der Waals surface area contributed by atoms with E-state index in [2.05, 4.69) is 30.9 Å². The fourth-order valence-electron chi connectivity index (χ4n) is 2.34. The molecular formula is C20H29N3O5. The Kier molecular flexibility index (Phi) is 9.76. The first kappa shape index (κ1) is 23.2. The standard InChI is InChI=1S/C19H27N3O3.CH2O2/c1-14(19(20)23)24-17-8-6-5-7-16(17)18-10-9-15(25-18)13-22(4)12-11-21(2)3;2-1-3/h5-10,14H,11-13H2,1-4H3,(H2,20,23);1H,(H,2,3).